The van der Waals surface area contributed by atoms with E-state index in [1.807, 2.05) is 34.0 Å². The van der Waals surface area contributed by atoms with Crippen LogP contribution in [0.5, 0.6) is 0 Å². The lowest BCUT2D eigenvalue weighted by molar-refractivity contribution is 0.609. The highest BCUT2D eigenvalue weighted by Gasteiger charge is 2.15. The van der Waals surface area contributed by atoms with Crippen molar-refractivity contribution in [2.75, 3.05) is 0 Å². The van der Waals surface area contributed by atoms with Crippen LogP contribution in [-0.2, 0) is 12.8 Å². The molecule has 1 nitrogen and oxygen atoms in total. The number of rotatable bonds is 16. The molecule has 1 N–H and O–H groups in total. The van der Waals surface area contributed by atoms with Crippen LogP contribution in [-0.4, -0.2) is 4.98 Å². The highest BCUT2D eigenvalue weighted by atomic mass is 32.1. The van der Waals surface area contributed by atoms with Crippen molar-refractivity contribution in [1.29, 1.82) is 0 Å². The highest BCUT2D eigenvalue weighted by molar-refractivity contribution is 7.26. The van der Waals surface area contributed by atoms with E-state index in [0.29, 0.717) is 0 Å². The lowest BCUT2D eigenvalue weighted by Gasteiger charge is -2.02. The summed E-state index contributed by atoms with van der Waals surface area (Å²) >= 11 is 5.90. The Morgan fingerprint density at radius 1 is 0.440 bits per heavy atom. The summed E-state index contributed by atoms with van der Waals surface area (Å²) in [6.45, 7) is 4.58. The summed E-state index contributed by atoms with van der Waals surface area (Å²) in [6, 6.07) is 32.9. The Hall–Kier alpha value is -3.44. The first-order chi connectivity index (χ1) is 24.7. The Balaban J connectivity index is 1.04. The van der Waals surface area contributed by atoms with Crippen LogP contribution in [0, 0.1) is 0 Å². The molecule has 0 atom stereocenters. The van der Waals surface area contributed by atoms with Crippen molar-refractivity contribution in [3.8, 4) is 20.9 Å². The Labute approximate surface area is 309 Å². The summed E-state index contributed by atoms with van der Waals surface area (Å²) in [4.78, 5) is 9.67. The van der Waals surface area contributed by atoms with Gasteiger partial charge in [0.15, 0.2) is 0 Å². The number of benzene rings is 4. The van der Waals surface area contributed by atoms with Gasteiger partial charge in [-0.25, -0.2) is 0 Å². The van der Waals surface area contributed by atoms with Crippen LogP contribution in [0.2, 0.25) is 0 Å². The molecule has 4 aromatic heterocycles. The molecular formula is C46H49NS3. The van der Waals surface area contributed by atoms with Gasteiger partial charge in [0.25, 0.3) is 0 Å². The molecule has 0 aliphatic heterocycles. The molecule has 256 valence electrons. The van der Waals surface area contributed by atoms with E-state index in [2.05, 4.69) is 104 Å². The molecule has 8 rings (SSSR count). The van der Waals surface area contributed by atoms with Gasteiger partial charge in [-0.05, 0) is 73.2 Å². The van der Waals surface area contributed by atoms with Crippen molar-refractivity contribution >= 4 is 86.8 Å². The molecule has 0 radical (unpaired) electrons. The summed E-state index contributed by atoms with van der Waals surface area (Å²) in [6.07, 6.45) is 18.7. The van der Waals surface area contributed by atoms with Crippen molar-refractivity contribution in [3.63, 3.8) is 0 Å². The van der Waals surface area contributed by atoms with Gasteiger partial charge in [0, 0.05) is 66.7 Å². The second-order valence-corrected chi connectivity index (χ2v) is 17.7. The minimum absolute atomic E-state index is 1.21. The van der Waals surface area contributed by atoms with Gasteiger partial charge < -0.3 is 4.98 Å². The van der Waals surface area contributed by atoms with Gasteiger partial charge in [-0.3, -0.25) is 0 Å². The number of aryl methyl sites for hydroxylation is 2. The van der Waals surface area contributed by atoms with Gasteiger partial charge in [0.05, 0.1) is 5.52 Å². The maximum absolute atomic E-state index is 3.87. The topological polar surface area (TPSA) is 15.8 Å². The fourth-order valence-corrected chi connectivity index (χ4v) is 11.2. The van der Waals surface area contributed by atoms with Crippen LogP contribution in [0.15, 0.2) is 84.9 Å². The second-order valence-electron chi connectivity index (χ2n) is 14.3. The Morgan fingerprint density at radius 2 is 0.940 bits per heavy atom. The van der Waals surface area contributed by atoms with Gasteiger partial charge in [-0.1, -0.05) is 127 Å². The van der Waals surface area contributed by atoms with Gasteiger partial charge >= 0.3 is 0 Å². The highest BCUT2D eigenvalue weighted by Crippen LogP contribution is 2.43. The first-order valence-electron chi connectivity index (χ1n) is 19.2. The Morgan fingerprint density at radius 3 is 1.58 bits per heavy atom. The van der Waals surface area contributed by atoms with Crippen molar-refractivity contribution in [3.05, 3.63) is 94.7 Å². The maximum Gasteiger partial charge on any atom is 0.0545 e. The first-order valence-corrected chi connectivity index (χ1v) is 21.7. The quantitative estimate of drug-likeness (QED) is 0.0961. The van der Waals surface area contributed by atoms with Crippen molar-refractivity contribution in [2.45, 2.75) is 104 Å². The average Bonchev–Trinajstić information content (AvgIpc) is 3.95. The van der Waals surface area contributed by atoms with E-state index in [1.165, 1.54) is 173 Å². The molecule has 0 saturated carbocycles. The molecule has 50 heavy (non-hydrogen) atoms. The Bertz CT molecular complexity index is 2210. The zero-order chi connectivity index (χ0) is 33.9. The number of nitrogens with one attached hydrogen (secondary N) is 1. The molecule has 4 heterocycles. The molecule has 0 unspecified atom stereocenters. The van der Waals surface area contributed by atoms with E-state index in [4.69, 9.17) is 0 Å². The molecule has 0 bridgehead atoms. The van der Waals surface area contributed by atoms with Crippen LogP contribution in [0.1, 0.15) is 101 Å². The lowest BCUT2D eigenvalue weighted by atomic mass is 10.0. The number of fused-ring (bicyclic) bond motifs is 9. The summed E-state index contributed by atoms with van der Waals surface area (Å²) in [5.74, 6) is 0. The Kier molecular flexibility index (Phi) is 10.4. The van der Waals surface area contributed by atoms with E-state index in [1.54, 1.807) is 0 Å². The molecule has 0 aliphatic rings. The number of H-pyrrole nitrogens is 1. The molecule has 4 heteroatoms. The van der Waals surface area contributed by atoms with Crippen LogP contribution in [0.4, 0.5) is 0 Å². The predicted molar refractivity (Wildman–Crippen MR) is 227 cm³/mol. The smallest absolute Gasteiger partial charge is 0.0545 e. The SMILES string of the molecule is CCCCCCCCc1ccc(-c2ccc3c(c2)[nH]c2c3ccc3c2ccc2c4ccc(-c5ccc(CCCCCCCC)s5)cc4sc23)s1. The van der Waals surface area contributed by atoms with Gasteiger partial charge in [-0.2, -0.15) is 0 Å². The maximum atomic E-state index is 3.87. The third kappa shape index (κ3) is 6.92. The number of hydrogen-bond acceptors (Lipinski definition) is 3. The molecule has 0 fully saturated rings. The van der Waals surface area contributed by atoms with Gasteiger partial charge in [-0.15, -0.1) is 34.0 Å². The van der Waals surface area contributed by atoms with Crippen molar-refractivity contribution in [1.82, 2.24) is 4.98 Å². The van der Waals surface area contributed by atoms with E-state index in [9.17, 15) is 0 Å². The summed E-state index contributed by atoms with van der Waals surface area (Å²) in [5.41, 5.74) is 5.14. The van der Waals surface area contributed by atoms with Crippen LogP contribution >= 0.6 is 34.0 Å². The van der Waals surface area contributed by atoms with E-state index < -0.39 is 0 Å². The normalized spacial score (nSPS) is 12.1. The number of aromatic amines is 1. The van der Waals surface area contributed by atoms with Crippen molar-refractivity contribution < 1.29 is 0 Å². The molecule has 0 saturated heterocycles. The second kappa shape index (κ2) is 15.4. The predicted octanol–water partition coefficient (Wildman–Crippen LogP) is 16.1. The minimum Gasteiger partial charge on any atom is -0.354 e. The molecule has 0 amide bonds. The average molecular weight is 712 g/mol. The van der Waals surface area contributed by atoms with Gasteiger partial charge in [0.1, 0.15) is 0 Å². The van der Waals surface area contributed by atoms with Crippen LogP contribution < -0.4 is 0 Å². The molecule has 0 spiro atoms. The number of aromatic nitrogens is 1. The first kappa shape index (κ1) is 33.7. The summed E-state index contributed by atoms with van der Waals surface area (Å²) in [7, 11) is 0. The zero-order valence-electron chi connectivity index (χ0n) is 29.7. The minimum atomic E-state index is 1.21. The summed E-state index contributed by atoms with van der Waals surface area (Å²) in [5, 5.41) is 8.02. The standard InChI is InChI=1S/C46H49NS3/c1-3-5-7-9-11-13-15-33-19-27-42(48-33)31-17-21-35-37-23-26-40-38(45(37)47-41(35)29-31)24-25-39-36-22-18-32(30-44(36)50-46(39)40)43-28-20-34(49-43)16-14-12-10-8-6-4-2/h17-30,47H,3-16H2,1-2H3. The number of hydrogen-bond donors (Lipinski definition) is 1. The van der Waals surface area contributed by atoms with E-state index in [-0.39, 0.29) is 0 Å². The fourth-order valence-electron chi connectivity index (χ4n) is 7.82. The number of unbranched alkanes of at least 4 members (excludes halogenated alkanes) is 10. The summed E-state index contributed by atoms with van der Waals surface area (Å²) < 4.78 is 2.77. The third-order valence-electron chi connectivity index (χ3n) is 10.7. The fraction of sp³-hybridized carbons (Fsp3) is 0.348. The molecular weight excluding hydrogens is 663 g/mol. The third-order valence-corrected chi connectivity index (χ3v) is 14.2. The lowest BCUT2D eigenvalue weighted by Crippen LogP contribution is -1.82. The van der Waals surface area contributed by atoms with E-state index in [0.717, 1.165) is 0 Å². The van der Waals surface area contributed by atoms with Gasteiger partial charge in [0.2, 0.25) is 0 Å². The molecule has 0 aliphatic carbocycles. The van der Waals surface area contributed by atoms with Crippen LogP contribution in [0.25, 0.3) is 73.6 Å². The van der Waals surface area contributed by atoms with E-state index >= 15 is 0 Å². The zero-order valence-corrected chi connectivity index (χ0v) is 32.2. The van der Waals surface area contributed by atoms with Crippen molar-refractivity contribution in [2.24, 2.45) is 0 Å². The molecule has 4 aromatic carbocycles. The monoisotopic (exact) mass is 711 g/mol. The van der Waals surface area contributed by atoms with Crippen LogP contribution in [0.3, 0.4) is 0 Å². The molecule has 8 aromatic rings. The largest absolute Gasteiger partial charge is 0.354 e. The number of thiophene rings is 3.